The van der Waals surface area contributed by atoms with Gasteiger partial charge in [0.05, 0.1) is 20.3 Å². The summed E-state index contributed by atoms with van der Waals surface area (Å²) in [5, 5.41) is 8.78. The molecule has 9 nitrogen and oxygen atoms in total. The number of ether oxygens (including phenoxy) is 3. The van der Waals surface area contributed by atoms with Crippen molar-refractivity contribution in [2.45, 2.75) is 19.9 Å². The molecule has 0 unspecified atom stereocenters. The van der Waals surface area contributed by atoms with Crippen LogP contribution in [0, 0.1) is 6.92 Å². The van der Waals surface area contributed by atoms with E-state index in [2.05, 4.69) is 10.2 Å². The number of aromatic nitrogens is 2. The van der Waals surface area contributed by atoms with Crippen LogP contribution in [0.15, 0.2) is 54.6 Å². The molecular formula is C31H28N4O5. The van der Waals surface area contributed by atoms with Gasteiger partial charge in [-0.1, -0.05) is 24.3 Å². The van der Waals surface area contributed by atoms with E-state index in [1.54, 1.807) is 25.2 Å². The molecule has 2 N–H and O–H groups in total. The third-order valence-corrected chi connectivity index (χ3v) is 7.55. The average Bonchev–Trinajstić information content (AvgIpc) is 3.50. The lowest BCUT2D eigenvalue weighted by Crippen LogP contribution is -2.24. The van der Waals surface area contributed by atoms with Gasteiger partial charge in [0.15, 0.2) is 5.69 Å². The van der Waals surface area contributed by atoms with E-state index in [-0.39, 0.29) is 11.6 Å². The first-order chi connectivity index (χ1) is 19.4. The number of hydrogen-bond donors (Lipinski definition) is 1. The molecule has 2 heterocycles. The van der Waals surface area contributed by atoms with Crippen LogP contribution in [0.5, 0.6) is 11.5 Å². The van der Waals surface area contributed by atoms with E-state index in [0.29, 0.717) is 48.9 Å². The summed E-state index contributed by atoms with van der Waals surface area (Å²) in [6, 6.07) is 17.2. The normalized spacial score (nSPS) is 13.2. The number of nitrogens with zero attached hydrogens (tertiary/aromatic N) is 3. The highest BCUT2D eigenvalue weighted by Crippen LogP contribution is 2.46. The number of rotatable bonds is 8. The van der Waals surface area contributed by atoms with Crippen LogP contribution in [-0.4, -0.2) is 49.4 Å². The summed E-state index contributed by atoms with van der Waals surface area (Å²) in [6.07, 6.45) is 0.480. The molecule has 2 amide bonds. The van der Waals surface area contributed by atoms with Crippen molar-refractivity contribution < 1.29 is 23.8 Å². The molecule has 1 aromatic heterocycles. The largest absolute Gasteiger partial charge is 0.497 e. The van der Waals surface area contributed by atoms with Crippen LogP contribution >= 0.6 is 0 Å². The summed E-state index contributed by atoms with van der Waals surface area (Å²) >= 11 is 0. The molecule has 0 spiro atoms. The lowest BCUT2D eigenvalue weighted by Gasteiger charge is -2.21. The zero-order chi connectivity index (χ0) is 28.0. The minimum absolute atomic E-state index is 0.0825. The molecule has 0 bridgehead atoms. The molecule has 1 aliphatic heterocycles. The Morgan fingerprint density at radius 2 is 1.77 bits per heavy atom. The zero-order valence-corrected chi connectivity index (χ0v) is 22.5. The standard InChI is InChI=1S/C31H28N4O5/c1-17-22(5-4-6-26(17)35-16-18-7-8-20(39-3)15-24(18)31(35)37)28-27-23-10-9-21(40-12-11-38-2)13-19(23)14-25(27)29(30(32)36)34-33-28/h4-10,13,15H,11-12,14,16H2,1-3H3,(H2,32,36). The van der Waals surface area contributed by atoms with Gasteiger partial charge >= 0.3 is 0 Å². The molecule has 0 saturated heterocycles. The summed E-state index contributed by atoms with van der Waals surface area (Å²) in [7, 11) is 3.21. The maximum Gasteiger partial charge on any atom is 0.269 e. The van der Waals surface area contributed by atoms with Gasteiger partial charge in [0.1, 0.15) is 23.8 Å². The highest BCUT2D eigenvalue weighted by molar-refractivity contribution is 6.11. The van der Waals surface area contributed by atoms with Crippen molar-refractivity contribution >= 4 is 17.5 Å². The molecule has 2 aliphatic rings. The maximum atomic E-state index is 13.4. The van der Waals surface area contributed by atoms with Crippen molar-refractivity contribution in [3.8, 4) is 33.9 Å². The first-order valence-corrected chi connectivity index (χ1v) is 12.9. The summed E-state index contributed by atoms with van der Waals surface area (Å²) in [6.45, 7) is 3.34. The van der Waals surface area contributed by atoms with E-state index in [1.165, 1.54) is 0 Å². The van der Waals surface area contributed by atoms with Crippen LogP contribution in [0.4, 0.5) is 5.69 Å². The van der Waals surface area contributed by atoms with Crippen LogP contribution in [0.3, 0.4) is 0 Å². The first kappa shape index (κ1) is 25.5. The third kappa shape index (κ3) is 4.15. The Morgan fingerprint density at radius 1 is 0.950 bits per heavy atom. The second kappa shape index (κ2) is 10.1. The highest BCUT2D eigenvalue weighted by Gasteiger charge is 2.33. The first-order valence-electron chi connectivity index (χ1n) is 12.9. The lowest BCUT2D eigenvalue weighted by molar-refractivity contribution is 0.0987. The van der Waals surface area contributed by atoms with Gasteiger partial charge in [-0.25, -0.2) is 0 Å². The SMILES string of the molecule is COCCOc1ccc2c(c1)Cc1c(C(N)=O)nnc(-c3cccc(N4Cc5ccc(OC)cc5C4=O)c3C)c1-2. The minimum atomic E-state index is -0.624. The van der Waals surface area contributed by atoms with Gasteiger partial charge in [-0.05, 0) is 65.1 Å². The summed E-state index contributed by atoms with van der Waals surface area (Å²) in [5.41, 5.74) is 14.1. The van der Waals surface area contributed by atoms with E-state index in [1.807, 2.05) is 55.5 Å². The van der Waals surface area contributed by atoms with Gasteiger partial charge in [-0.2, -0.15) is 0 Å². The average molecular weight is 537 g/mol. The second-order valence-corrected chi connectivity index (χ2v) is 9.82. The van der Waals surface area contributed by atoms with Crippen molar-refractivity contribution in [2.24, 2.45) is 5.73 Å². The summed E-state index contributed by atoms with van der Waals surface area (Å²) in [4.78, 5) is 27.5. The quantitative estimate of drug-likeness (QED) is 0.294. The highest BCUT2D eigenvalue weighted by atomic mass is 16.5. The number of nitrogens with two attached hydrogens (primary N) is 1. The molecule has 9 heteroatoms. The Labute approximate surface area is 231 Å². The monoisotopic (exact) mass is 536 g/mol. The van der Waals surface area contributed by atoms with E-state index in [4.69, 9.17) is 19.9 Å². The third-order valence-electron chi connectivity index (χ3n) is 7.55. The van der Waals surface area contributed by atoms with Gasteiger partial charge in [0.2, 0.25) is 0 Å². The van der Waals surface area contributed by atoms with Gasteiger partial charge in [0.25, 0.3) is 11.8 Å². The molecule has 4 aromatic rings. The number of amides is 2. The fourth-order valence-corrected chi connectivity index (χ4v) is 5.58. The van der Waals surface area contributed by atoms with Crippen molar-refractivity contribution in [3.05, 3.63) is 88.1 Å². The van der Waals surface area contributed by atoms with Crippen LogP contribution in [0.1, 0.15) is 43.1 Å². The molecule has 40 heavy (non-hydrogen) atoms. The maximum absolute atomic E-state index is 13.4. The van der Waals surface area contributed by atoms with Crippen molar-refractivity contribution in [3.63, 3.8) is 0 Å². The molecular weight excluding hydrogens is 508 g/mol. The molecule has 0 fully saturated rings. The molecule has 202 valence electrons. The fraction of sp³-hybridized carbons (Fsp3) is 0.226. The number of carbonyl (C=O) groups excluding carboxylic acids is 2. The topological polar surface area (TPSA) is 117 Å². The van der Waals surface area contributed by atoms with Gasteiger partial charge in [-0.3, -0.25) is 9.59 Å². The van der Waals surface area contributed by atoms with Gasteiger partial charge in [-0.15, -0.1) is 10.2 Å². The Bertz CT molecular complexity index is 1680. The Balaban J connectivity index is 1.43. The molecule has 6 rings (SSSR count). The number of primary amides is 1. The van der Waals surface area contributed by atoms with Crippen molar-refractivity contribution in [2.75, 3.05) is 32.3 Å². The second-order valence-electron chi connectivity index (χ2n) is 9.82. The predicted molar refractivity (Wildman–Crippen MR) is 150 cm³/mol. The minimum Gasteiger partial charge on any atom is -0.497 e. The molecule has 0 saturated carbocycles. The number of carbonyl (C=O) groups is 2. The number of fused-ring (bicyclic) bond motifs is 4. The van der Waals surface area contributed by atoms with Crippen molar-refractivity contribution in [1.29, 1.82) is 0 Å². The van der Waals surface area contributed by atoms with Crippen LogP contribution in [0.25, 0.3) is 22.4 Å². The number of anilines is 1. The van der Waals surface area contributed by atoms with E-state index >= 15 is 0 Å². The van der Waals surface area contributed by atoms with Gasteiger partial charge in [0, 0.05) is 35.9 Å². The van der Waals surface area contributed by atoms with Crippen LogP contribution in [-0.2, 0) is 17.7 Å². The lowest BCUT2D eigenvalue weighted by atomic mass is 9.95. The van der Waals surface area contributed by atoms with Crippen LogP contribution < -0.4 is 20.1 Å². The molecule has 1 aliphatic carbocycles. The van der Waals surface area contributed by atoms with Crippen molar-refractivity contribution in [1.82, 2.24) is 10.2 Å². The van der Waals surface area contributed by atoms with Crippen LogP contribution in [0.2, 0.25) is 0 Å². The molecule has 3 aromatic carbocycles. The Morgan fingerprint density at radius 3 is 2.55 bits per heavy atom. The smallest absolute Gasteiger partial charge is 0.269 e. The summed E-state index contributed by atoms with van der Waals surface area (Å²) < 4.78 is 16.2. The number of methoxy groups -OCH3 is 2. The van der Waals surface area contributed by atoms with E-state index in [0.717, 1.165) is 44.6 Å². The number of benzene rings is 3. The predicted octanol–water partition coefficient (Wildman–Crippen LogP) is 4.32. The summed E-state index contributed by atoms with van der Waals surface area (Å²) in [5.74, 6) is 0.654. The Kier molecular flexibility index (Phi) is 6.43. The van der Waals surface area contributed by atoms with E-state index in [9.17, 15) is 9.59 Å². The van der Waals surface area contributed by atoms with E-state index < -0.39 is 5.91 Å². The molecule has 0 radical (unpaired) electrons. The zero-order valence-electron chi connectivity index (χ0n) is 22.5. The Hall–Kier alpha value is -4.76. The van der Waals surface area contributed by atoms with Gasteiger partial charge < -0.3 is 24.8 Å². The number of hydrogen-bond acceptors (Lipinski definition) is 7. The molecule has 0 atom stereocenters. The fourth-order valence-electron chi connectivity index (χ4n) is 5.58.